The van der Waals surface area contributed by atoms with E-state index in [4.69, 9.17) is 4.74 Å². The van der Waals surface area contributed by atoms with Crippen LogP contribution < -0.4 is 10.1 Å². The molecule has 0 spiro atoms. The molecular weight excluding hydrogens is 236 g/mol. The standard InChI is InChI=1S/C16H20N2O/c1-3-15(17-2)14-6-4-5-7-16(14)19-12-13-8-10-18-11-9-13/h4-11,15,17H,3,12H2,1-2H3. The molecule has 1 unspecified atom stereocenters. The van der Waals surface area contributed by atoms with E-state index < -0.39 is 0 Å². The summed E-state index contributed by atoms with van der Waals surface area (Å²) in [7, 11) is 1.98. The fourth-order valence-corrected chi connectivity index (χ4v) is 2.12. The number of rotatable bonds is 6. The lowest BCUT2D eigenvalue weighted by atomic mass is 10.0. The Kier molecular flexibility index (Phi) is 4.93. The van der Waals surface area contributed by atoms with Crippen LogP contribution in [0.5, 0.6) is 5.75 Å². The molecule has 1 aromatic carbocycles. The molecular formula is C16H20N2O. The molecule has 19 heavy (non-hydrogen) atoms. The summed E-state index contributed by atoms with van der Waals surface area (Å²) in [6.45, 7) is 2.74. The zero-order chi connectivity index (χ0) is 13.5. The zero-order valence-electron chi connectivity index (χ0n) is 11.5. The van der Waals surface area contributed by atoms with Gasteiger partial charge in [0.25, 0.3) is 0 Å². The third-order valence-corrected chi connectivity index (χ3v) is 3.19. The second-order valence-corrected chi connectivity index (χ2v) is 4.43. The van der Waals surface area contributed by atoms with Gasteiger partial charge in [0.15, 0.2) is 0 Å². The smallest absolute Gasteiger partial charge is 0.124 e. The highest BCUT2D eigenvalue weighted by Crippen LogP contribution is 2.27. The van der Waals surface area contributed by atoms with Crippen LogP contribution in [0.1, 0.15) is 30.5 Å². The lowest BCUT2D eigenvalue weighted by Crippen LogP contribution is -2.16. The summed E-state index contributed by atoms with van der Waals surface area (Å²) in [4.78, 5) is 4.01. The van der Waals surface area contributed by atoms with Crippen molar-refractivity contribution in [2.24, 2.45) is 0 Å². The first-order valence-corrected chi connectivity index (χ1v) is 6.63. The van der Waals surface area contributed by atoms with Gasteiger partial charge < -0.3 is 10.1 Å². The number of pyridine rings is 1. The van der Waals surface area contributed by atoms with E-state index in [1.165, 1.54) is 5.56 Å². The van der Waals surface area contributed by atoms with Gasteiger partial charge in [0.1, 0.15) is 12.4 Å². The van der Waals surface area contributed by atoms with Crippen LogP contribution in [0.2, 0.25) is 0 Å². The molecule has 0 saturated carbocycles. The average molecular weight is 256 g/mol. The summed E-state index contributed by atoms with van der Waals surface area (Å²) in [6, 6.07) is 12.5. The van der Waals surface area contributed by atoms with Crippen molar-refractivity contribution in [3.05, 3.63) is 59.9 Å². The Morgan fingerprint density at radius 2 is 1.89 bits per heavy atom. The van der Waals surface area contributed by atoms with Crippen molar-refractivity contribution < 1.29 is 4.74 Å². The SMILES string of the molecule is CCC(NC)c1ccccc1OCc1ccncc1. The van der Waals surface area contributed by atoms with Gasteiger partial charge in [-0.2, -0.15) is 0 Å². The molecule has 0 saturated heterocycles. The Morgan fingerprint density at radius 1 is 1.16 bits per heavy atom. The van der Waals surface area contributed by atoms with Crippen molar-refractivity contribution in [2.75, 3.05) is 7.05 Å². The summed E-state index contributed by atoms with van der Waals surface area (Å²) >= 11 is 0. The predicted octanol–water partition coefficient (Wildman–Crippen LogP) is 3.33. The molecule has 1 heterocycles. The van der Waals surface area contributed by atoms with E-state index >= 15 is 0 Å². The predicted molar refractivity (Wildman–Crippen MR) is 77.1 cm³/mol. The molecule has 0 fully saturated rings. The fraction of sp³-hybridized carbons (Fsp3) is 0.312. The summed E-state index contributed by atoms with van der Waals surface area (Å²) in [5.41, 5.74) is 2.34. The monoisotopic (exact) mass is 256 g/mol. The topological polar surface area (TPSA) is 34.1 Å². The maximum Gasteiger partial charge on any atom is 0.124 e. The number of aromatic nitrogens is 1. The highest BCUT2D eigenvalue weighted by molar-refractivity contribution is 5.36. The normalized spacial score (nSPS) is 12.1. The van der Waals surface area contributed by atoms with E-state index in [9.17, 15) is 0 Å². The fourth-order valence-electron chi connectivity index (χ4n) is 2.12. The van der Waals surface area contributed by atoms with Gasteiger partial charge in [-0.15, -0.1) is 0 Å². The minimum atomic E-state index is 0.327. The van der Waals surface area contributed by atoms with Crippen LogP contribution in [-0.4, -0.2) is 12.0 Å². The third-order valence-electron chi connectivity index (χ3n) is 3.19. The van der Waals surface area contributed by atoms with Crippen molar-refractivity contribution in [1.82, 2.24) is 10.3 Å². The van der Waals surface area contributed by atoms with Crippen molar-refractivity contribution in [1.29, 1.82) is 0 Å². The van der Waals surface area contributed by atoms with Crippen LogP contribution in [0.3, 0.4) is 0 Å². The molecule has 0 aliphatic rings. The molecule has 1 N–H and O–H groups in total. The van der Waals surface area contributed by atoms with E-state index in [0.29, 0.717) is 12.6 Å². The van der Waals surface area contributed by atoms with Gasteiger partial charge in [-0.3, -0.25) is 4.98 Å². The largest absolute Gasteiger partial charge is 0.489 e. The Morgan fingerprint density at radius 3 is 2.58 bits per heavy atom. The van der Waals surface area contributed by atoms with Gasteiger partial charge in [0, 0.05) is 24.0 Å². The summed E-state index contributed by atoms with van der Waals surface area (Å²) < 4.78 is 5.94. The second-order valence-electron chi connectivity index (χ2n) is 4.43. The first-order valence-electron chi connectivity index (χ1n) is 6.63. The number of benzene rings is 1. The van der Waals surface area contributed by atoms with E-state index in [2.05, 4.69) is 29.4 Å². The molecule has 1 aromatic heterocycles. The molecule has 0 aliphatic heterocycles. The lowest BCUT2D eigenvalue weighted by Gasteiger charge is -2.18. The first kappa shape index (κ1) is 13.6. The van der Waals surface area contributed by atoms with Crippen molar-refractivity contribution in [2.45, 2.75) is 26.0 Å². The molecule has 2 aromatic rings. The Bertz CT molecular complexity index is 495. The first-order chi connectivity index (χ1) is 9.35. The van der Waals surface area contributed by atoms with Gasteiger partial charge in [-0.25, -0.2) is 0 Å². The maximum atomic E-state index is 5.94. The van der Waals surface area contributed by atoms with Gasteiger partial charge in [-0.1, -0.05) is 25.1 Å². The number of para-hydroxylation sites is 1. The summed E-state index contributed by atoms with van der Waals surface area (Å²) in [5, 5.41) is 3.32. The number of hydrogen-bond donors (Lipinski definition) is 1. The zero-order valence-corrected chi connectivity index (χ0v) is 11.5. The number of hydrogen-bond acceptors (Lipinski definition) is 3. The van der Waals surface area contributed by atoms with Crippen molar-refractivity contribution in [3.63, 3.8) is 0 Å². The highest BCUT2D eigenvalue weighted by Gasteiger charge is 2.12. The van der Waals surface area contributed by atoms with E-state index in [0.717, 1.165) is 17.7 Å². The highest BCUT2D eigenvalue weighted by atomic mass is 16.5. The molecule has 0 aliphatic carbocycles. The molecule has 0 radical (unpaired) electrons. The van der Waals surface area contributed by atoms with Gasteiger partial charge in [0.05, 0.1) is 0 Å². The summed E-state index contributed by atoms with van der Waals surface area (Å²) in [5.74, 6) is 0.945. The molecule has 3 heteroatoms. The van der Waals surface area contributed by atoms with E-state index in [1.807, 2.05) is 31.3 Å². The minimum absolute atomic E-state index is 0.327. The van der Waals surface area contributed by atoms with Crippen LogP contribution in [-0.2, 0) is 6.61 Å². The van der Waals surface area contributed by atoms with E-state index in [1.54, 1.807) is 12.4 Å². The maximum absolute atomic E-state index is 5.94. The molecule has 0 bridgehead atoms. The number of nitrogens with one attached hydrogen (secondary N) is 1. The van der Waals surface area contributed by atoms with Crippen LogP contribution in [0, 0.1) is 0 Å². The van der Waals surface area contributed by atoms with E-state index in [-0.39, 0.29) is 0 Å². The van der Waals surface area contributed by atoms with Gasteiger partial charge in [0.2, 0.25) is 0 Å². The molecule has 2 rings (SSSR count). The second kappa shape index (κ2) is 6.90. The molecule has 1 atom stereocenters. The van der Waals surface area contributed by atoms with Crippen LogP contribution in [0.4, 0.5) is 0 Å². The molecule has 3 nitrogen and oxygen atoms in total. The quantitative estimate of drug-likeness (QED) is 0.860. The third kappa shape index (κ3) is 3.55. The Hall–Kier alpha value is -1.87. The number of nitrogens with zero attached hydrogens (tertiary/aromatic N) is 1. The van der Waals surface area contributed by atoms with Crippen LogP contribution in [0.25, 0.3) is 0 Å². The van der Waals surface area contributed by atoms with Gasteiger partial charge >= 0.3 is 0 Å². The average Bonchev–Trinajstić information content (AvgIpc) is 2.48. The molecule has 100 valence electrons. The minimum Gasteiger partial charge on any atom is -0.489 e. The Balaban J connectivity index is 2.12. The van der Waals surface area contributed by atoms with Gasteiger partial charge in [-0.05, 0) is 37.2 Å². The Labute approximate surface area is 114 Å². The van der Waals surface area contributed by atoms with Crippen LogP contribution >= 0.6 is 0 Å². The van der Waals surface area contributed by atoms with Crippen LogP contribution in [0.15, 0.2) is 48.8 Å². The van der Waals surface area contributed by atoms with Crippen molar-refractivity contribution in [3.8, 4) is 5.75 Å². The number of ether oxygens (including phenoxy) is 1. The van der Waals surface area contributed by atoms with Crippen molar-refractivity contribution >= 4 is 0 Å². The lowest BCUT2D eigenvalue weighted by molar-refractivity contribution is 0.299. The summed E-state index contributed by atoms with van der Waals surface area (Å²) in [6.07, 6.45) is 4.60. The molecule has 0 amide bonds.